The quantitative estimate of drug-likeness (QED) is 0.653. The Morgan fingerprint density at radius 3 is 2.28 bits per heavy atom. The second kappa shape index (κ2) is 9.62. The van der Waals surface area contributed by atoms with Crippen LogP contribution < -0.4 is 5.32 Å². The molecule has 0 aliphatic carbocycles. The molecule has 0 bridgehead atoms. The van der Waals surface area contributed by atoms with Gasteiger partial charge in [-0.3, -0.25) is 4.90 Å². The van der Waals surface area contributed by atoms with Crippen LogP contribution in [-0.4, -0.2) is 43.3 Å². The van der Waals surface area contributed by atoms with Crippen LogP contribution in [0.25, 0.3) is 0 Å². The minimum Gasteiger partial charge on any atom is -0.314 e. The van der Waals surface area contributed by atoms with Crippen LogP contribution in [0, 0.1) is 0 Å². The number of halogens is 3. The molecule has 1 unspecified atom stereocenters. The topological polar surface area (TPSA) is 15.3 Å². The van der Waals surface area contributed by atoms with Gasteiger partial charge in [-0.1, -0.05) is 13.8 Å². The lowest BCUT2D eigenvalue weighted by Gasteiger charge is -2.23. The molecule has 110 valence electrons. The molecule has 1 N–H and O–H groups in total. The molecule has 18 heavy (non-hydrogen) atoms. The molecule has 0 heterocycles. The molecular weight excluding hydrogens is 241 g/mol. The van der Waals surface area contributed by atoms with E-state index >= 15 is 0 Å². The minimum absolute atomic E-state index is 0.388. The van der Waals surface area contributed by atoms with E-state index in [0.717, 1.165) is 32.2 Å². The normalized spacial score (nSPS) is 14.2. The Morgan fingerprint density at radius 1 is 1.11 bits per heavy atom. The molecule has 5 heteroatoms. The Kier molecular flexibility index (Phi) is 9.46. The maximum Gasteiger partial charge on any atom is 0.401 e. The van der Waals surface area contributed by atoms with Crippen molar-refractivity contribution in [1.82, 2.24) is 10.2 Å². The summed E-state index contributed by atoms with van der Waals surface area (Å²) in [5.41, 5.74) is 0. The molecule has 0 aromatic carbocycles. The van der Waals surface area contributed by atoms with Gasteiger partial charge in [0.15, 0.2) is 0 Å². The van der Waals surface area contributed by atoms with Gasteiger partial charge in [0.2, 0.25) is 0 Å². The summed E-state index contributed by atoms with van der Waals surface area (Å²) < 4.78 is 37.0. The van der Waals surface area contributed by atoms with Gasteiger partial charge < -0.3 is 5.32 Å². The Morgan fingerprint density at radius 2 is 1.78 bits per heavy atom. The summed E-state index contributed by atoms with van der Waals surface area (Å²) in [5.74, 6) is 0. The van der Waals surface area contributed by atoms with Crippen LogP contribution >= 0.6 is 0 Å². The van der Waals surface area contributed by atoms with Crippen LogP contribution in [0.1, 0.15) is 46.5 Å². The van der Waals surface area contributed by atoms with Crippen molar-refractivity contribution in [3.05, 3.63) is 0 Å². The predicted octanol–water partition coefficient (Wildman–Crippen LogP) is 3.43. The van der Waals surface area contributed by atoms with Crippen molar-refractivity contribution < 1.29 is 13.2 Å². The maximum atomic E-state index is 12.3. The highest BCUT2D eigenvalue weighted by molar-refractivity contribution is 4.66. The average Bonchev–Trinajstić information content (AvgIpc) is 2.24. The third-order valence-electron chi connectivity index (χ3n) is 2.80. The fraction of sp³-hybridized carbons (Fsp3) is 1.00. The molecule has 0 aliphatic heterocycles. The molecule has 0 aromatic rings. The zero-order valence-electron chi connectivity index (χ0n) is 11.8. The number of alkyl halides is 3. The summed E-state index contributed by atoms with van der Waals surface area (Å²) in [5, 5.41) is 3.35. The number of rotatable bonds is 10. The van der Waals surface area contributed by atoms with Gasteiger partial charge >= 0.3 is 6.18 Å². The van der Waals surface area contributed by atoms with Crippen molar-refractivity contribution >= 4 is 0 Å². The van der Waals surface area contributed by atoms with Gasteiger partial charge in [0, 0.05) is 6.04 Å². The third-order valence-corrected chi connectivity index (χ3v) is 2.80. The summed E-state index contributed by atoms with van der Waals surface area (Å²) in [6, 6.07) is 0.388. The van der Waals surface area contributed by atoms with Gasteiger partial charge in [0.05, 0.1) is 6.54 Å². The molecule has 0 aromatic heterocycles. The van der Waals surface area contributed by atoms with Crippen molar-refractivity contribution in [3.8, 4) is 0 Å². The summed E-state index contributed by atoms with van der Waals surface area (Å²) in [7, 11) is 0. The van der Waals surface area contributed by atoms with E-state index in [1.54, 1.807) is 0 Å². The molecule has 0 radical (unpaired) electrons. The van der Waals surface area contributed by atoms with Gasteiger partial charge in [-0.25, -0.2) is 0 Å². The van der Waals surface area contributed by atoms with Gasteiger partial charge in [0.25, 0.3) is 0 Å². The first-order chi connectivity index (χ1) is 8.39. The van der Waals surface area contributed by atoms with E-state index in [1.165, 1.54) is 4.90 Å². The fourth-order valence-corrected chi connectivity index (χ4v) is 1.95. The van der Waals surface area contributed by atoms with E-state index in [2.05, 4.69) is 19.2 Å². The first-order valence-electron chi connectivity index (χ1n) is 6.91. The van der Waals surface area contributed by atoms with E-state index in [9.17, 15) is 13.2 Å². The highest BCUT2D eigenvalue weighted by Crippen LogP contribution is 2.17. The van der Waals surface area contributed by atoms with Crippen molar-refractivity contribution in [1.29, 1.82) is 0 Å². The fourth-order valence-electron chi connectivity index (χ4n) is 1.95. The Labute approximate surface area is 109 Å². The largest absolute Gasteiger partial charge is 0.401 e. The predicted molar refractivity (Wildman–Crippen MR) is 69.8 cm³/mol. The summed E-state index contributed by atoms with van der Waals surface area (Å²) >= 11 is 0. The summed E-state index contributed by atoms with van der Waals surface area (Å²) in [6.45, 7) is 7.35. The first-order valence-corrected chi connectivity index (χ1v) is 6.91. The van der Waals surface area contributed by atoms with Crippen LogP contribution in [0.5, 0.6) is 0 Å². The van der Waals surface area contributed by atoms with Crippen molar-refractivity contribution in [2.24, 2.45) is 0 Å². The van der Waals surface area contributed by atoms with Gasteiger partial charge in [-0.15, -0.1) is 0 Å². The SMILES string of the molecule is CCCNC(C)CCCN(CCC)CC(F)(F)F. The minimum atomic E-state index is -4.08. The van der Waals surface area contributed by atoms with E-state index < -0.39 is 12.7 Å². The maximum absolute atomic E-state index is 12.3. The van der Waals surface area contributed by atoms with Crippen LogP contribution in [0.15, 0.2) is 0 Å². The first kappa shape index (κ1) is 17.7. The lowest BCUT2D eigenvalue weighted by molar-refractivity contribution is -0.146. The van der Waals surface area contributed by atoms with Crippen molar-refractivity contribution in [2.75, 3.05) is 26.2 Å². The van der Waals surface area contributed by atoms with E-state index in [0.29, 0.717) is 19.1 Å². The van der Waals surface area contributed by atoms with Gasteiger partial charge in [-0.05, 0) is 52.2 Å². The lowest BCUT2D eigenvalue weighted by Crippen LogP contribution is -2.36. The molecule has 2 nitrogen and oxygen atoms in total. The monoisotopic (exact) mass is 268 g/mol. The molecule has 0 amide bonds. The number of hydrogen-bond acceptors (Lipinski definition) is 2. The lowest BCUT2D eigenvalue weighted by atomic mass is 10.1. The van der Waals surface area contributed by atoms with Crippen LogP contribution in [-0.2, 0) is 0 Å². The zero-order valence-corrected chi connectivity index (χ0v) is 11.8. The van der Waals surface area contributed by atoms with Crippen LogP contribution in [0.2, 0.25) is 0 Å². The van der Waals surface area contributed by atoms with Crippen LogP contribution in [0.3, 0.4) is 0 Å². The summed E-state index contributed by atoms with van der Waals surface area (Å²) in [4.78, 5) is 1.51. The zero-order chi connectivity index (χ0) is 14.0. The molecule has 0 saturated carbocycles. The number of nitrogens with one attached hydrogen (secondary N) is 1. The summed E-state index contributed by atoms with van der Waals surface area (Å²) in [6.07, 6.45) is -0.493. The number of nitrogens with zero attached hydrogens (tertiary/aromatic N) is 1. The van der Waals surface area contributed by atoms with Crippen molar-refractivity contribution in [3.63, 3.8) is 0 Å². The molecule has 1 atom stereocenters. The second-order valence-corrected chi connectivity index (χ2v) is 4.89. The molecule has 0 rings (SSSR count). The average molecular weight is 268 g/mol. The Balaban J connectivity index is 3.82. The Hall–Kier alpha value is -0.290. The molecule has 0 saturated heterocycles. The molecule has 0 aliphatic rings. The molecule has 0 fully saturated rings. The van der Waals surface area contributed by atoms with E-state index in [1.807, 2.05) is 6.92 Å². The van der Waals surface area contributed by atoms with Crippen LogP contribution in [0.4, 0.5) is 13.2 Å². The smallest absolute Gasteiger partial charge is 0.314 e. The molecular formula is C13H27F3N2. The van der Waals surface area contributed by atoms with Crippen molar-refractivity contribution in [2.45, 2.75) is 58.7 Å². The highest BCUT2D eigenvalue weighted by atomic mass is 19.4. The Bertz CT molecular complexity index is 195. The highest BCUT2D eigenvalue weighted by Gasteiger charge is 2.30. The molecule has 0 spiro atoms. The van der Waals surface area contributed by atoms with E-state index in [-0.39, 0.29) is 0 Å². The van der Waals surface area contributed by atoms with Gasteiger partial charge in [-0.2, -0.15) is 13.2 Å². The third kappa shape index (κ3) is 10.8. The number of hydrogen-bond donors (Lipinski definition) is 1. The second-order valence-electron chi connectivity index (χ2n) is 4.89. The standard InChI is InChI=1S/C13H27F3N2/c1-4-8-17-12(3)7-6-10-18(9-5-2)11-13(14,15)16/h12,17H,4-11H2,1-3H3. The van der Waals surface area contributed by atoms with Gasteiger partial charge in [0.1, 0.15) is 0 Å². The van der Waals surface area contributed by atoms with E-state index in [4.69, 9.17) is 0 Å².